The molecule has 2 aromatic carbocycles. The molecule has 4 aromatic rings. The summed E-state index contributed by atoms with van der Waals surface area (Å²) in [4.78, 5) is 6.80. The molecule has 3 atom stereocenters. The van der Waals surface area contributed by atoms with Gasteiger partial charge in [0, 0.05) is 62.3 Å². The first-order chi connectivity index (χ1) is 18.6. The Balaban J connectivity index is 1.14. The van der Waals surface area contributed by atoms with Crippen molar-refractivity contribution < 1.29 is 14.2 Å². The minimum atomic E-state index is -0.897. The number of aromatic hydroxyl groups is 1. The van der Waals surface area contributed by atoms with E-state index in [-0.39, 0.29) is 17.7 Å². The largest absolute Gasteiger partial charge is 0.508 e. The van der Waals surface area contributed by atoms with Gasteiger partial charge in [-0.25, -0.2) is 9.37 Å². The predicted molar refractivity (Wildman–Crippen MR) is 147 cm³/mol. The fraction of sp³-hybridized carbons (Fsp3) is 0.387. The number of rotatable bonds is 7. The quantitative estimate of drug-likeness (QED) is 0.350. The van der Waals surface area contributed by atoms with E-state index < -0.39 is 6.17 Å². The highest BCUT2D eigenvalue weighted by molar-refractivity contribution is 5.69. The number of phenolic OH excluding ortho intramolecular Hbond substituents is 1. The zero-order valence-corrected chi connectivity index (χ0v) is 21.6. The number of ether oxygens (including phenoxy) is 1. The number of nitrogens with one attached hydrogen (secondary N) is 1. The molecule has 1 aliphatic carbocycles. The van der Waals surface area contributed by atoms with Crippen LogP contribution in [-0.2, 0) is 17.8 Å². The zero-order chi connectivity index (χ0) is 25.9. The maximum absolute atomic E-state index is 15.6. The lowest BCUT2D eigenvalue weighted by atomic mass is 9.79. The molecule has 198 valence electrons. The lowest BCUT2D eigenvalue weighted by Crippen LogP contribution is -2.37. The van der Waals surface area contributed by atoms with E-state index in [4.69, 9.17) is 4.74 Å². The van der Waals surface area contributed by atoms with Gasteiger partial charge in [-0.2, -0.15) is 0 Å². The Morgan fingerprint density at radius 3 is 2.76 bits per heavy atom. The Hall–Kier alpha value is -3.26. The molecule has 1 aliphatic heterocycles. The molecule has 2 fully saturated rings. The van der Waals surface area contributed by atoms with Crippen LogP contribution in [0.25, 0.3) is 16.8 Å². The summed E-state index contributed by atoms with van der Waals surface area (Å²) in [5.74, 6) is 0.162. The fourth-order valence-corrected chi connectivity index (χ4v) is 6.01. The molecule has 0 radical (unpaired) electrons. The molecule has 2 aliphatic rings. The molecule has 1 saturated carbocycles. The lowest BCUT2D eigenvalue weighted by Gasteiger charge is -2.33. The van der Waals surface area contributed by atoms with Gasteiger partial charge < -0.3 is 19.6 Å². The number of alkyl halides is 1. The molecule has 6 rings (SSSR count). The zero-order valence-electron chi connectivity index (χ0n) is 21.6. The van der Waals surface area contributed by atoms with E-state index in [1.54, 1.807) is 12.3 Å². The highest BCUT2D eigenvalue weighted by Gasteiger charge is 2.31. The minimum Gasteiger partial charge on any atom is -0.508 e. The summed E-state index contributed by atoms with van der Waals surface area (Å²) in [6.07, 6.45) is 7.10. The van der Waals surface area contributed by atoms with E-state index in [0.717, 1.165) is 79.2 Å². The maximum Gasteiger partial charge on any atom is 0.141 e. The van der Waals surface area contributed by atoms with Crippen LogP contribution in [0.1, 0.15) is 41.9 Å². The highest BCUT2D eigenvalue weighted by atomic mass is 19.1. The molecule has 1 saturated heterocycles. The van der Waals surface area contributed by atoms with Crippen LogP contribution < -0.4 is 5.32 Å². The summed E-state index contributed by atoms with van der Waals surface area (Å²) in [7, 11) is 0. The number of imidazole rings is 1. The molecule has 0 bridgehead atoms. The Bertz CT molecular complexity index is 1380. The van der Waals surface area contributed by atoms with E-state index in [9.17, 15) is 5.11 Å². The number of hydrogen-bond donors (Lipinski definition) is 2. The Labute approximate surface area is 223 Å². The molecule has 38 heavy (non-hydrogen) atoms. The predicted octanol–water partition coefficient (Wildman–Crippen LogP) is 5.30. The van der Waals surface area contributed by atoms with Crippen LogP contribution in [0.3, 0.4) is 0 Å². The number of hydrogen-bond acceptors (Lipinski definition) is 5. The summed E-state index contributed by atoms with van der Waals surface area (Å²) in [6, 6.07) is 18.2. The Kier molecular flexibility index (Phi) is 7.40. The third-order valence-corrected chi connectivity index (χ3v) is 8.07. The number of fused-ring (bicyclic) bond motifs is 1. The van der Waals surface area contributed by atoms with Gasteiger partial charge in [0.15, 0.2) is 0 Å². The first kappa shape index (κ1) is 25.0. The second-order valence-corrected chi connectivity index (χ2v) is 10.6. The van der Waals surface area contributed by atoms with E-state index in [1.807, 2.05) is 41.1 Å². The normalized spacial score (nSPS) is 22.6. The van der Waals surface area contributed by atoms with Crippen molar-refractivity contribution >= 4 is 5.65 Å². The van der Waals surface area contributed by atoms with Crippen molar-refractivity contribution in [2.75, 3.05) is 26.3 Å². The van der Waals surface area contributed by atoms with Gasteiger partial charge in [-0.15, -0.1) is 0 Å². The van der Waals surface area contributed by atoms with E-state index in [1.165, 1.54) is 0 Å². The van der Waals surface area contributed by atoms with Gasteiger partial charge in [0.1, 0.15) is 17.6 Å². The monoisotopic (exact) mass is 514 g/mol. The van der Waals surface area contributed by atoms with Crippen LogP contribution in [0.2, 0.25) is 0 Å². The van der Waals surface area contributed by atoms with Gasteiger partial charge >= 0.3 is 0 Å². The van der Waals surface area contributed by atoms with Gasteiger partial charge in [0.25, 0.3) is 0 Å². The van der Waals surface area contributed by atoms with Crippen molar-refractivity contribution in [1.29, 1.82) is 0 Å². The molecule has 6 nitrogen and oxygen atoms in total. The number of phenols is 1. The van der Waals surface area contributed by atoms with Crippen molar-refractivity contribution in [3.05, 3.63) is 89.9 Å². The first-order valence-corrected chi connectivity index (χ1v) is 13.6. The Morgan fingerprint density at radius 2 is 1.89 bits per heavy atom. The fourth-order valence-electron chi connectivity index (χ4n) is 6.01. The summed E-state index contributed by atoms with van der Waals surface area (Å²) < 4.78 is 23.1. The second-order valence-electron chi connectivity index (χ2n) is 10.6. The highest BCUT2D eigenvalue weighted by Crippen LogP contribution is 2.38. The van der Waals surface area contributed by atoms with Crippen LogP contribution in [0.5, 0.6) is 5.75 Å². The number of nitrogens with zero attached hydrogens (tertiary/aromatic N) is 3. The first-order valence-electron chi connectivity index (χ1n) is 13.6. The summed E-state index contributed by atoms with van der Waals surface area (Å²) in [5, 5.41) is 13.8. The second kappa shape index (κ2) is 11.2. The minimum absolute atomic E-state index is 0.108. The molecular weight excluding hydrogens is 479 g/mol. The molecule has 3 heterocycles. The van der Waals surface area contributed by atoms with Crippen molar-refractivity contribution in [1.82, 2.24) is 19.6 Å². The van der Waals surface area contributed by atoms with Crippen LogP contribution in [0.4, 0.5) is 4.39 Å². The van der Waals surface area contributed by atoms with Crippen molar-refractivity contribution in [2.45, 2.75) is 50.5 Å². The number of morpholine rings is 1. The van der Waals surface area contributed by atoms with Gasteiger partial charge in [0.05, 0.1) is 13.2 Å². The average molecular weight is 515 g/mol. The maximum atomic E-state index is 15.6. The standard InChI is InChI=1S/C31H35FN4O2/c32-30-19-26(34-20-24-5-2-11-36-12-10-33-31(24)36)6-8-29(30)23-4-1-3-22(17-23)28-9-7-27(37)18-25(28)21-35-13-15-38-16-14-35/h1-5,7,9-12,17-18,26,29-30,34,37H,6,8,13-16,19-21H2. The third kappa shape index (κ3) is 5.46. The van der Waals surface area contributed by atoms with Crippen LogP contribution >= 0.6 is 0 Å². The van der Waals surface area contributed by atoms with E-state index in [0.29, 0.717) is 13.0 Å². The van der Waals surface area contributed by atoms with Crippen LogP contribution in [0, 0.1) is 0 Å². The van der Waals surface area contributed by atoms with Gasteiger partial charge in [-0.1, -0.05) is 36.4 Å². The van der Waals surface area contributed by atoms with E-state index >= 15 is 4.39 Å². The molecule has 0 spiro atoms. The lowest BCUT2D eigenvalue weighted by molar-refractivity contribution is 0.0342. The molecular formula is C31H35FN4O2. The van der Waals surface area contributed by atoms with E-state index in [2.05, 4.69) is 39.5 Å². The third-order valence-electron chi connectivity index (χ3n) is 8.07. The summed E-state index contributed by atoms with van der Waals surface area (Å²) in [6.45, 7) is 4.68. The number of pyridine rings is 1. The van der Waals surface area contributed by atoms with Gasteiger partial charge in [0.2, 0.25) is 0 Å². The van der Waals surface area contributed by atoms with Crippen LogP contribution in [-0.4, -0.2) is 57.9 Å². The van der Waals surface area contributed by atoms with Gasteiger partial charge in [-0.3, -0.25) is 4.90 Å². The van der Waals surface area contributed by atoms with Crippen LogP contribution in [0.15, 0.2) is 73.2 Å². The molecule has 3 unspecified atom stereocenters. The van der Waals surface area contributed by atoms with Crippen molar-refractivity contribution in [3.63, 3.8) is 0 Å². The van der Waals surface area contributed by atoms with Crippen molar-refractivity contribution in [3.8, 4) is 16.9 Å². The van der Waals surface area contributed by atoms with Crippen molar-refractivity contribution in [2.24, 2.45) is 0 Å². The summed E-state index contributed by atoms with van der Waals surface area (Å²) in [5.41, 5.74) is 6.39. The average Bonchev–Trinajstić information content (AvgIpc) is 3.42. The number of benzene rings is 2. The summed E-state index contributed by atoms with van der Waals surface area (Å²) >= 11 is 0. The topological polar surface area (TPSA) is 62.0 Å². The SMILES string of the molecule is Oc1ccc(-c2cccc(C3CCC(NCc4cccn5ccnc45)CC3F)c2)c(CN2CCOCC2)c1. The smallest absolute Gasteiger partial charge is 0.141 e. The molecule has 0 amide bonds. The molecule has 2 N–H and O–H groups in total. The Morgan fingerprint density at radius 1 is 1.00 bits per heavy atom. The van der Waals surface area contributed by atoms with Gasteiger partial charge in [-0.05, 0) is 59.7 Å². The molecule has 2 aromatic heterocycles. The number of halogens is 1. The number of aromatic nitrogens is 2. The molecule has 7 heteroatoms.